The number of rotatable bonds is 9. The smallest absolute Gasteiger partial charge is 0.395 e. The lowest BCUT2D eigenvalue weighted by Gasteiger charge is -2.26. The molecule has 5 rings (SSSR count). The first-order valence-electron chi connectivity index (χ1n) is 15.7. The Morgan fingerprint density at radius 3 is 2.68 bits per heavy atom. The number of carbonyl (C=O) groups excluding carboxylic acids is 1. The van der Waals surface area contributed by atoms with E-state index >= 15 is 4.39 Å². The van der Waals surface area contributed by atoms with Gasteiger partial charge < -0.3 is 24.3 Å². The number of fused-ring (bicyclic) bond motifs is 2. The first-order chi connectivity index (χ1) is 20.6. The quantitative estimate of drug-likeness (QED) is 0.412. The van der Waals surface area contributed by atoms with Gasteiger partial charge in [-0.3, -0.25) is 4.79 Å². The van der Waals surface area contributed by atoms with Crippen LogP contribution in [0.1, 0.15) is 67.7 Å². The van der Waals surface area contributed by atoms with E-state index < -0.39 is 90.8 Å². The summed E-state index contributed by atoms with van der Waals surface area (Å²) < 4.78 is 117. The molecule has 6 nitrogen and oxygen atoms in total. The van der Waals surface area contributed by atoms with E-state index in [1.807, 2.05) is 0 Å². The molecular formula is C28H30F3NO5. The normalized spacial score (nSPS) is 23.4. The van der Waals surface area contributed by atoms with E-state index in [-0.39, 0.29) is 47.0 Å². The van der Waals surface area contributed by atoms with Gasteiger partial charge >= 0.3 is 6.29 Å². The maximum atomic E-state index is 15.7. The maximum absolute atomic E-state index is 15.7. The zero-order valence-corrected chi connectivity index (χ0v) is 20.0. The van der Waals surface area contributed by atoms with Crippen LogP contribution in [0.3, 0.4) is 0 Å². The van der Waals surface area contributed by atoms with Crippen molar-refractivity contribution in [1.82, 2.24) is 4.57 Å². The second-order valence-electron chi connectivity index (χ2n) is 9.73. The van der Waals surface area contributed by atoms with E-state index in [1.165, 1.54) is 23.6 Å². The average molecular weight is 526 g/mol. The predicted octanol–water partition coefficient (Wildman–Crippen LogP) is 4.99. The Hall–Kier alpha value is -3.04. The van der Waals surface area contributed by atoms with Gasteiger partial charge in [0.2, 0.25) is 0 Å². The minimum Gasteiger partial charge on any atom is -0.395 e. The topological polar surface area (TPSA) is 80.9 Å². The number of ether oxygens (including phenoxy) is 2. The van der Waals surface area contributed by atoms with Gasteiger partial charge in [-0.05, 0) is 60.7 Å². The Morgan fingerprint density at radius 2 is 2.03 bits per heavy atom. The van der Waals surface area contributed by atoms with Crippen LogP contribution in [0.15, 0.2) is 36.3 Å². The molecule has 2 aliphatic rings. The Labute approximate surface area is 223 Å². The van der Waals surface area contributed by atoms with Crippen LogP contribution in [0.4, 0.5) is 13.2 Å². The largest absolute Gasteiger partial charge is 0.586 e. The molecule has 0 radical (unpaired) electrons. The van der Waals surface area contributed by atoms with Crippen molar-refractivity contribution in [3.63, 3.8) is 0 Å². The second-order valence-corrected chi connectivity index (χ2v) is 9.73. The molecule has 37 heavy (non-hydrogen) atoms. The molecule has 198 valence electrons. The van der Waals surface area contributed by atoms with Crippen molar-refractivity contribution in [2.24, 2.45) is 0 Å². The molecule has 2 heterocycles. The highest BCUT2D eigenvalue weighted by atomic mass is 19.3. The van der Waals surface area contributed by atoms with E-state index in [0.29, 0.717) is 0 Å². The van der Waals surface area contributed by atoms with Crippen molar-refractivity contribution in [3.8, 4) is 11.5 Å². The van der Waals surface area contributed by atoms with E-state index in [4.69, 9.17) is 11.0 Å². The van der Waals surface area contributed by atoms with E-state index in [2.05, 4.69) is 9.47 Å². The molecule has 1 unspecified atom stereocenters. The maximum Gasteiger partial charge on any atom is 0.586 e. The standard InChI is InChI=1S/C28H30F3NO5/c1-4-26(2,3)24-10-17-9-16(20(29)13-21(17)32(24)14-19(34)15-33)11-25(35)27(7-8-27)18-5-6-22-23(12-18)37-28(30,31)36-22/h5-6,9-10,12-13,19,33-34H,4,7-8,11,14-15H2,1-3H3/t19-/m1/s1/i2D3,5D,6D,12D,15D2/t19-,26?. The molecule has 0 spiro atoms. The third-order valence-corrected chi connectivity index (χ3v) is 7.15. The first-order valence-corrected chi connectivity index (χ1v) is 11.7. The third kappa shape index (κ3) is 4.48. The molecule has 3 aromatic rings. The number of ketones is 1. The number of aromatic nitrogens is 1. The van der Waals surface area contributed by atoms with Gasteiger partial charge in [0.25, 0.3) is 0 Å². The first kappa shape index (κ1) is 17.5. The number of hydrogen-bond acceptors (Lipinski definition) is 5. The fourth-order valence-corrected chi connectivity index (χ4v) is 4.67. The van der Waals surface area contributed by atoms with Crippen LogP contribution in [0.2, 0.25) is 0 Å². The fourth-order valence-electron chi connectivity index (χ4n) is 4.67. The van der Waals surface area contributed by atoms with Gasteiger partial charge in [-0.1, -0.05) is 26.7 Å². The summed E-state index contributed by atoms with van der Waals surface area (Å²) in [6, 6.07) is 1.61. The van der Waals surface area contributed by atoms with E-state index in [1.54, 1.807) is 6.92 Å². The van der Waals surface area contributed by atoms with Crippen LogP contribution in [0.25, 0.3) is 10.9 Å². The van der Waals surface area contributed by atoms with Gasteiger partial charge in [-0.15, -0.1) is 8.78 Å². The lowest BCUT2D eigenvalue weighted by Crippen LogP contribution is -2.26. The minimum atomic E-state index is -4.16. The molecule has 2 aromatic carbocycles. The molecule has 1 fully saturated rings. The summed E-state index contributed by atoms with van der Waals surface area (Å²) in [7, 11) is 0. The Kier molecular flexibility index (Phi) is 4.14. The van der Waals surface area contributed by atoms with Crippen molar-refractivity contribution in [3.05, 3.63) is 59.0 Å². The van der Waals surface area contributed by atoms with Gasteiger partial charge in [0.05, 0.1) is 37.0 Å². The van der Waals surface area contributed by atoms with Crippen LogP contribution in [-0.2, 0) is 28.6 Å². The van der Waals surface area contributed by atoms with Gasteiger partial charge in [-0.25, -0.2) is 4.39 Å². The number of aliphatic hydroxyl groups excluding tert-OH is 1. The molecular weight excluding hydrogens is 487 g/mol. The summed E-state index contributed by atoms with van der Waals surface area (Å²) in [5.41, 5.74) is -3.32. The van der Waals surface area contributed by atoms with Crippen molar-refractivity contribution in [2.45, 2.75) is 76.2 Å². The Balaban J connectivity index is 1.58. The van der Waals surface area contributed by atoms with Crippen LogP contribution in [0, 0.1) is 5.82 Å². The van der Waals surface area contributed by atoms with Crippen LogP contribution >= 0.6 is 0 Å². The van der Waals surface area contributed by atoms with E-state index in [9.17, 15) is 23.8 Å². The van der Waals surface area contributed by atoms with Crippen LogP contribution in [0.5, 0.6) is 11.5 Å². The summed E-state index contributed by atoms with van der Waals surface area (Å²) in [5.74, 6) is -3.10. The molecule has 1 saturated carbocycles. The lowest BCUT2D eigenvalue weighted by molar-refractivity contribution is -0.286. The predicted molar refractivity (Wildman–Crippen MR) is 131 cm³/mol. The number of aliphatic hydroxyl groups is 2. The summed E-state index contributed by atoms with van der Waals surface area (Å²) in [4.78, 5) is 13.7. The summed E-state index contributed by atoms with van der Waals surface area (Å²) >= 11 is 0. The molecule has 1 aliphatic heterocycles. The van der Waals surface area contributed by atoms with Crippen molar-refractivity contribution in [1.29, 1.82) is 0 Å². The van der Waals surface area contributed by atoms with Gasteiger partial charge in [-0.2, -0.15) is 0 Å². The Morgan fingerprint density at radius 1 is 1.30 bits per heavy atom. The minimum absolute atomic E-state index is 0.0721. The third-order valence-electron chi connectivity index (χ3n) is 7.15. The highest BCUT2D eigenvalue weighted by Crippen LogP contribution is 2.52. The molecule has 0 amide bonds. The zero-order valence-electron chi connectivity index (χ0n) is 28.0. The fraction of sp³-hybridized carbons (Fsp3) is 0.464. The summed E-state index contributed by atoms with van der Waals surface area (Å²) in [6.45, 7) is -3.19. The van der Waals surface area contributed by atoms with Gasteiger partial charge in [0.15, 0.2) is 11.5 Å². The number of halogens is 3. The van der Waals surface area contributed by atoms with Gasteiger partial charge in [0.1, 0.15) is 11.6 Å². The molecule has 0 saturated heterocycles. The molecule has 1 aliphatic carbocycles. The molecule has 1 aromatic heterocycles. The SMILES string of the molecule is [2H]c1c([2H])c(C2(C(=O)Cc3cc4cc(C(C)(CC)C([2H])([2H])[2H])n(C[C@@H](O)C([2H])([2H])O)c4cc3F)CC2)c([2H])c2c1OC(F)(F)O2. The summed E-state index contributed by atoms with van der Waals surface area (Å²) in [6.07, 6.45) is -6.44. The molecule has 0 bridgehead atoms. The van der Waals surface area contributed by atoms with Gasteiger partial charge in [0, 0.05) is 27.0 Å². The summed E-state index contributed by atoms with van der Waals surface area (Å²) in [5, 5.41) is 20.3. The molecule has 2 N–H and O–H groups in total. The monoisotopic (exact) mass is 525 g/mol. The van der Waals surface area contributed by atoms with Crippen molar-refractivity contribution in [2.75, 3.05) is 6.56 Å². The average Bonchev–Trinajstić information content (AvgIpc) is 3.55. The lowest BCUT2D eigenvalue weighted by atomic mass is 9.86. The number of hydrogen-bond donors (Lipinski definition) is 2. The van der Waals surface area contributed by atoms with E-state index in [0.717, 1.165) is 6.07 Å². The number of benzene rings is 2. The van der Waals surface area contributed by atoms with Crippen LogP contribution in [-0.4, -0.2) is 39.5 Å². The highest BCUT2D eigenvalue weighted by Gasteiger charge is 2.52. The Bertz CT molecular complexity index is 1720. The number of carbonyl (C=O) groups is 1. The molecule has 9 heteroatoms. The number of Topliss-reactive ketones (excluding diaryl/α,β-unsaturated/α-hetero) is 1. The van der Waals surface area contributed by atoms with Crippen LogP contribution < -0.4 is 9.47 Å². The highest BCUT2D eigenvalue weighted by molar-refractivity contribution is 5.95. The van der Waals surface area contributed by atoms with Crippen molar-refractivity contribution >= 4 is 16.7 Å². The zero-order chi connectivity index (χ0) is 33.7. The second kappa shape index (κ2) is 8.77. The number of alkyl halides is 2. The number of nitrogens with zero attached hydrogens (tertiary/aromatic N) is 1. The molecule has 2 atom stereocenters. The van der Waals surface area contributed by atoms with Crippen molar-refractivity contribution < 1.29 is 48.6 Å².